The van der Waals surface area contributed by atoms with E-state index in [0.717, 1.165) is 0 Å². The quantitative estimate of drug-likeness (QED) is 0.462. The van der Waals surface area contributed by atoms with E-state index in [2.05, 4.69) is 0 Å². The van der Waals surface area contributed by atoms with Crippen LogP contribution >= 0.6 is 0 Å². The number of hydrogen-bond acceptors (Lipinski definition) is 5. The smallest absolute Gasteiger partial charge is 0.271 e. The van der Waals surface area contributed by atoms with Gasteiger partial charge in [0.25, 0.3) is 5.69 Å². The molecule has 1 aliphatic heterocycles. The summed E-state index contributed by atoms with van der Waals surface area (Å²) in [5.41, 5.74) is 0.560. The van der Waals surface area contributed by atoms with E-state index < -0.39 is 4.92 Å². The van der Waals surface area contributed by atoms with E-state index >= 15 is 0 Å². The van der Waals surface area contributed by atoms with Gasteiger partial charge in [-0.3, -0.25) is 24.6 Å². The summed E-state index contributed by atoms with van der Waals surface area (Å²) in [6.07, 6.45) is 0.475. The molecule has 0 saturated carbocycles. The highest BCUT2D eigenvalue weighted by Crippen LogP contribution is 2.21. The number of amides is 2. The van der Waals surface area contributed by atoms with Crippen molar-refractivity contribution in [2.45, 2.75) is 12.8 Å². The van der Waals surface area contributed by atoms with Crippen LogP contribution in [0.1, 0.15) is 12.8 Å². The number of likely N-dealkylation sites (tertiary alicyclic amines) is 1. The lowest BCUT2D eigenvalue weighted by Gasteiger charge is -2.24. The highest BCUT2D eigenvalue weighted by molar-refractivity contribution is 6.02. The van der Waals surface area contributed by atoms with Crippen molar-refractivity contribution in [1.82, 2.24) is 4.90 Å². The molecule has 100 valence electrons. The Balaban J connectivity index is 2.13. The molecule has 1 aromatic rings. The zero-order chi connectivity index (χ0) is 14.0. The van der Waals surface area contributed by atoms with Crippen molar-refractivity contribution in [1.29, 1.82) is 0 Å². The molecule has 1 fully saturated rings. The first-order valence-corrected chi connectivity index (χ1v) is 5.78. The predicted molar refractivity (Wildman–Crippen MR) is 67.5 cm³/mol. The summed E-state index contributed by atoms with van der Waals surface area (Å²) >= 11 is 0. The molecule has 0 radical (unpaired) electrons. The van der Waals surface area contributed by atoms with Gasteiger partial charge in [0.15, 0.2) is 0 Å². The molecule has 7 heteroatoms. The van der Waals surface area contributed by atoms with Crippen LogP contribution in [0.3, 0.4) is 0 Å². The fourth-order valence-electron chi connectivity index (χ4n) is 1.92. The Labute approximate surface area is 109 Å². The maximum absolute atomic E-state index is 11.5. The van der Waals surface area contributed by atoms with Gasteiger partial charge in [-0.2, -0.15) is 0 Å². The lowest BCUT2D eigenvalue weighted by Crippen LogP contribution is -2.39. The zero-order valence-electron chi connectivity index (χ0n) is 10.4. The minimum atomic E-state index is -0.483. The maximum Gasteiger partial charge on any atom is 0.271 e. The molecule has 0 atom stereocenters. The van der Waals surface area contributed by atoms with E-state index in [0.29, 0.717) is 5.69 Å². The second-order valence-electron chi connectivity index (χ2n) is 4.33. The molecule has 1 aliphatic rings. The van der Waals surface area contributed by atoms with Crippen molar-refractivity contribution in [3.05, 3.63) is 34.4 Å². The molecule has 2 rings (SSSR count). The fraction of sp³-hybridized carbons (Fsp3) is 0.333. The molecule has 1 saturated heterocycles. The van der Waals surface area contributed by atoms with Crippen molar-refractivity contribution in [3.63, 3.8) is 0 Å². The third-order valence-electron chi connectivity index (χ3n) is 2.99. The number of nitrogens with zero attached hydrogens (tertiary/aromatic N) is 3. The van der Waals surface area contributed by atoms with Crippen molar-refractivity contribution >= 4 is 23.2 Å². The summed E-state index contributed by atoms with van der Waals surface area (Å²) in [5, 5.41) is 10.7. The van der Waals surface area contributed by atoms with Crippen LogP contribution in [0.4, 0.5) is 11.4 Å². The molecule has 1 heterocycles. The number of nitro benzene ring substituents is 1. The van der Waals surface area contributed by atoms with Crippen LogP contribution in [-0.4, -0.2) is 35.4 Å². The average molecular weight is 263 g/mol. The van der Waals surface area contributed by atoms with Gasteiger partial charge in [0.05, 0.1) is 4.92 Å². The van der Waals surface area contributed by atoms with Crippen LogP contribution in [0.2, 0.25) is 0 Å². The third-order valence-corrected chi connectivity index (χ3v) is 2.99. The van der Waals surface area contributed by atoms with Crippen LogP contribution in [0.15, 0.2) is 24.3 Å². The van der Waals surface area contributed by atoms with Crippen molar-refractivity contribution in [2.75, 3.05) is 18.6 Å². The fourth-order valence-corrected chi connectivity index (χ4v) is 1.92. The minimum Gasteiger partial charge on any atom is -0.356 e. The van der Waals surface area contributed by atoms with Gasteiger partial charge in [-0.05, 0) is 6.07 Å². The largest absolute Gasteiger partial charge is 0.356 e. The lowest BCUT2D eigenvalue weighted by molar-refractivity contribution is -0.384. The van der Waals surface area contributed by atoms with Crippen LogP contribution in [0.5, 0.6) is 0 Å². The van der Waals surface area contributed by atoms with Crippen molar-refractivity contribution < 1.29 is 14.5 Å². The summed E-state index contributed by atoms with van der Waals surface area (Å²) in [7, 11) is 1.68. The highest BCUT2D eigenvalue weighted by atomic mass is 16.6. The van der Waals surface area contributed by atoms with Crippen molar-refractivity contribution in [2.24, 2.45) is 0 Å². The number of imide groups is 1. The van der Waals surface area contributed by atoms with Gasteiger partial charge in [0, 0.05) is 37.7 Å². The second-order valence-corrected chi connectivity index (χ2v) is 4.33. The van der Waals surface area contributed by atoms with Gasteiger partial charge in [-0.15, -0.1) is 0 Å². The molecular formula is C12H13N3O4. The standard InChI is InChI=1S/C12H13N3O4/c1-13(8-14-11(16)5-6-12(14)17)9-3-2-4-10(7-9)15(18)19/h2-4,7H,5-6,8H2,1H3. The molecule has 0 bridgehead atoms. The van der Waals surface area contributed by atoms with E-state index in [4.69, 9.17) is 0 Å². The van der Waals surface area contributed by atoms with Gasteiger partial charge < -0.3 is 4.90 Å². The normalized spacial score (nSPS) is 14.9. The zero-order valence-corrected chi connectivity index (χ0v) is 10.4. The van der Waals surface area contributed by atoms with Gasteiger partial charge in [-0.25, -0.2) is 0 Å². The number of anilines is 1. The second kappa shape index (κ2) is 5.05. The molecule has 2 amide bonds. The molecule has 1 aromatic carbocycles. The van der Waals surface area contributed by atoms with E-state index in [1.807, 2.05) is 0 Å². The van der Waals surface area contributed by atoms with Gasteiger partial charge >= 0.3 is 0 Å². The topological polar surface area (TPSA) is 83.8 Å². The van der Waals surface area contributed by atoms with E-state index in [-0.39, 0.29) is 37.0 Å². The molecule has 0 aromatic heterocycles. The maximum atomic E-state index is 11.5. The third kappa shape index (κ3) is 2.70. The number of non-ortho nitro benzene ring substituents is 1. The predicted octanol–water partition coefficient (Wildman–Crippen LogP) is 1.14. The van der Waals surface area contributed by atoms with Crippen LogP contribution in [0.25, 0.3) is 0 Å². The lowest BCUT2D eigenvalue weighted by atomic mass is 10.2. The number of hydrogen-bond donors (Lipinski definition) is 0. The monoisotopic (exact) mass is 263 g/mol. The van der Waals surface area contributed by atoms with E-state index in [9.17, 15) is 19.7 Å². The van der Waals surface area contributed by atoms with Crippen LogP contribution in [-0.2, 0) is 9.59 Å². The Kier molecular flexibility index (Phi) is 3.46. The first kappa shape index (κ1) is 13.0. The number of benzene rings is 1. The minimum absolute atomic E-state index is 0.0246. The molecule has 7 nitrogen and oxygen atoms in total. The number of carbonyl (C=O) groups excluding carboxylic acids is 2. The summed E-state index contributed by atoms with van der Waals surface area (Å²) in [5.74, 6) is -0.412. The Morgan fingerprint density at radius 3 is 2.53 bits per heavy atom. The van der Waals surface area contributed by atoms with E-state index in [1.54, 1.807) is 24.1 Å². The molecule has 0 aliphatic carbocycles. The van der Waals surface area contributed by atoms with Gasteiger partial charge in [0.2, 0.25) is 11.8 Å². The Hall–Kier alpha value is -2.44. The number of rotatable bonds is 4. The molecule has 0 N–H and O–H groups in total. The van der Waals surface area contributed by atoms with Crippen molar-refractivity contribution in [3.8, 4) is 0 Å². The van der Waals surface area contributed by atoms with Gasteiger partial charge in [0.1, 0.15) is 6.67 Å². The summed E-state index contributed by atoms with van der Waals surface area (Å²) in [6, 6.07) is 6.06. The summed E-state index contributed by atoms with van der Waals surface area (Å²) < 4.78 is 0. The van der Waals surface area contributed by atoms with Crippen LogP contribution < -0.4 is 4.90 Å². The van der Waals surface area contributed by atoms with E-state index in [1.165, 1.54) is 17.0 Å². The molecule has 0 unspecified atom stereocenters. The Morgan fingerprint density at radius 2 is 1.95 bits per heavy atom. The Morgan fingerprint density at radius 1 is 1.32 bits per heavy atom. The number of nitro groups is 1. The Bertz CT molecular complexity index is 528. The SMILES string of the molecule is CN(CN1C(=O)CCC1=O)c1cccc([N+](=O)[O-])c1. The average Bonchev–Trinajstić information content (AvgIpc) is 2.70. The summed E-state index contributed by atoms with van der Waals surface area (Å²) in [6.45, 7) is 0.110. The molecule has 19 heavy (non-hydrogen) atoms. The summed E-state index contributed by atoms with van der Waals surface area (Å²) in [4.78, 5) is 36.0. The molecular weight excluding hydrogens is 250 g/mol. The highest BCUT2D eigenvalue weighted by Gasteiger charge is 2.29. The van der Waals surface area contributed by atoms with Gasteiger partial charge in [-0.1, -0.05) is 6.07 Å². The first-order valence-electron chi connectivity index (χ1n) is 5.78. The first-order chi connectivity index (χ1) is 8.99. The number of carbonyl (C=O) groups is 2. The molecule has 0 spiro atoms. The van der Waals surface area contributed by atoms with Crippen LogP contribution in [0, 0.1) is 10.1 Å².